The standard InChI is InChI=1S/C23H29N5O2S.C8H8O2/c1-17-7-9-19(10-8-17)31(29,30)28-12-5-6-22(28)25-15-23-24-14-21(27(23)4)20-16-26(3)13-11-18(20)2;9-7-10-6-8-4-2-1-3-5-8/h5-10,12,14-15,18,20H,11,13,16H2,1-4H3;1-5,7H,6H2/b25-15-;. The first kappa shape index (κ1) is 30.0. The van der Waals surface area contributed by atoms with Crippen LogP contribution in [0.2, 0.25) is 0 Å². The predicted molar refractivity (Wildman–Crippen MR) is 160 cm³/mol. The van der Waals surface area contributed by atoms with E-state index in [1.165, 1.54) is 22.3 Å². The van der Waals surface area contributed by atoms with Crippen LogP contribution in [0.5, 0.6) is 0 Å². The monoisotopic (exact) mass is 575 g/mol. The maximum atomic E-state index is 13.0. The molecule has 0 bridgehead atoms. The average Bonchev–Trinajstić information content (AvgIpc) is 3.60. The van der Waals surface area contributed by atoms with Crippen molar-refractivity contribution in [2.45, 2.75) is 37.7 Å². The van der Waals surface area contributed by atoms with Gasteiger partial charge in [0, 0.05) is 37.6 Å². The fourth-order valence-electron chi connectivity index (χ4n) is 4.83. The molecule has 1 aliphatic rings. The van der Waals surface area contributed by atoms with Gasteiger partial charge in [0.25, 0.3) is 16.5 Å². The van der Waals surface area contributed by atoms with Gasteiger partial charge in [0.1, 0.15) is 12.4 Å². The number of ether oxygens (including phenoxy) is 1. The molecule has 2 aromatic carbocycles. The SMILES string of the molecule is Cc1ccc(S(=O)(=O)n2cccc2/N=C\c2ncc(C3CN(C)CCC3C)n2C)cc1.O=COCc1ccccc1. The van der Waals surface area contributed by atoms with Gasteiger partial charge in [0.2, 0.25) is 0 Å². The van der Waals surface area contributed by atoms with Crippen LogP contribution in [-0.2, 0) is 33.2 Å². The number of hydrogen-bond donors (Lipinski definition) is 0. The Bertz CT molecular complexity index is 1560. The topological polar surface area (TPSA) is 98.8 Å². The molecular weight excluding hydrogens is 538 g/mol. The Morgan fingerprint density at radius 1 is 1.05 bits per heavy atom. The Balaban J connectivity index is 0.000000328. The second-order valence-corrected chi connectivity index (χ2v) is 12.2. The quantitative estimate of drug-likeness (QED) is 0.218. The number of imidazole rings is 1. The van der Waals surface area contributed by atoms with E-state index in [1.54, 1.807) is 42.6 Å². The molecule has 0 radical (unpaired) electrons. The fraction of sp³-hybridized carbons (Fsp3) is 0.323. The number of likely N-dealkylation sites (N-methyl/N-ethyl adjacent to an activating group) is 1. The third-order valence-corrected chi connectivity index (χ3v) is 9.04. The Labute approximate surface area is 242 Å². The summed E-state index contributed by atoms with van der Waals surface area (Å²) >= 11 is 0. The molecule has 1 fully saturated rings. The number of carbonyl (C=O) groups excluding carboxylic acids is 1. The van der Waals surface area contributed by atoms with Crippen molar-refractivity contribution in [3.05, 3.63) is 102 Å². The van der Waals surface area contributed by atoms with Crippen LogP contribution >= 0.6 is 0 Å². The first-order valence-corrected chi connectivity index (χ1v) is 15.0. The van der Waals surface area contributed by atoms with Crippen LogP contribution in [0, 0.1) is 12.8 Å². The van der Waals surface area contributed by atoms with Gasteiger partial charge in [-0.15, -0.1) is 0 Å². The zero-order chi connectivity index (χ0) is 29.4. The third-order valence-electron chi connectivity index (χ3n) is 7.34. The predicted octanol–water partition coefficient (Wildman–Crippen LogP) is 4.93. The Morgan fingerprint density at radius 3 is 2.49 bits per heavy atom. The molecule has 216 valence electrons. The highest BCUT2D eigenvalue weighted by Crippen LogP contribution is 2.31. The van der Waals surface area contributed by atoms with E-state index < -0.39 is 10.0 Å². The lowest BCUT2D eigenvalue weighted by atomic mass is 9.85. The smallest absolute Gasteiger partial charge is 0.293 e. The molecule has 0 aliphatic carbocycles. The van der Waals surface area contributed by atoms with Crippen molar-refractivity contribution in [2.75, 3.05) is 20.1 Å². The molecule has 3 heterocycles. The molecule has 1 saturated heterocycles. The van der Waals surface area contributed by atoms with Crippen LogP contribution in [0.4, 0.5) is 5.82 Å². The number of nitrogens with zero attached hydrogens (tertiary/aromatic N) is 5. The molecule has 1 aliphatic heterocycles. The number of likely N-dealkylation sites (tertiary alicyclic amines) is 1. The Kier molecular flexibility index (Phi) is 9.91. The minimum Gasteiger partial charge on any atom is -0.463 e. The molecule has 2 unspecified atom stereocenters. The second-order valence-electron chi connectivity index (χ2n) is 10.4. The zero-order valence-electron chi connectivity index (χ0n) is 23.9. The summed E-state index contributed by atoms with van der Waals surface area (Å²) in [5, 5.41) is 0. The van der Waals surface area contributed by atoms with Gasteiger partial charge in [0.15, 0.2) is 5.82 Å². The lowest BCUT2D eigenvalue weighted by Gasteiger charge is -2.35. The highest BCUT2D eigenvalue weighted by atomic mass is 32.2. The van der Waals surface area contributed by atoms with E-state index in [0.717, 1.165) is 24.2 Å². The van der Waals surface area contributed by atoms with Crippen LogP contribution in [0.3, 0.4) is 0 Å². The van der Waals surface area contributed by atoms with E-state index in [9.17, 15) is 13.2 Å². The van der Waals surface area contributed by atoms with Crippen molar-refractivity contribution in [3.63, 3.8) is 0 Å². The molecule has 0 spiro atoms. The minimum absolute atomic E-state index is 0.237. The summed E-state index contributed by atoms with van der Waals surface area (Å²) in [4.78, 5) is 21.4. The van der Waals surface area contributed by atoms with Crippen LogP contribution in [0.25, 0.3) is 0 Å². The van der Waals surface area contributed by atoms with E-state index in [2.05, 4.69) is 38.2 Å². The lowest BCUT2D eigenvalue weighted by Crippen LogP contribution is -2.36. The van der Waals surface area contributed by atoms with Crippen LogP contribution in [-0.4, -0.2) is 59.7 Å². The second kappa shape index (κ2) is 13.6. The fourth-order valence-corrected chi connectivity index (χ4v) is 6.12. The summed E-state index contributed by atoms with van der Waals surface area (Å²) in [5.74, 6) is 2.06. The van der Waals surface area contributed by atoms with Gasteiger partial charge >= 0.3 is 0 Å². The number of aryl methyl sites for hydroxylation is 1. The maximum absolute atomic E-state index is 13.0. The first-order chi connectivity index (χ1) is 19.7. The van der Waals surface area contributed by atoms with Crippen molar-refractivity contribution < 1.29 is 17.9 Å². The summed E-state index contributed by atoms with van der Waals surface area (Å²) in [5.41, 5.74) is 3.20. The number of aliphatic imine (C=N–C) groups is 1. The highest BCUT2D eigenvalue weighted by molar-refractivity contribution is 7.90. The van der Waals surface area contributed by atoms with E-state index in [0.29, 0.717) is 36.6 Å². The average molecular weight is 576 g/mol. The number of rotatable bonds is 8. The van der Waals surface area contributed by atoms with Gasteiger partial charge in [-0.05, 0) is 62.7 Å². The Morgan fingerprint density at radius 2 is 1.78 bits per heavy atom. The van der Waals surface area contributed by atoms with Gasteiger partial charge in [0.05, 0.1) is 11.1 Å². The van der Waals surface area contributed by atoms with E-state index in [-0.39, 0.29) is 4.90 Å². The number of hydrogen-bond acceptors (Lipinski definition) is 7. The molecule has 41 heavy (non-hydrogen) atoms. The van der Waals surface area contributed by atoms with Gasteiger partial charge < -0.3 is 14.2 Å². The largest absolute Gasteiger partial charge is 0.463 e. The molecule has 0 amide bonds. The van der Waals surface area contributed by atoms with Crippen molar-refractivity contribution in [1.29, 1.82) is 0 Å². The van der Waals surface area contributed by atoms with Gasteiger partial charge in [-0.1, -0.05) is 55.0 Å². The normalized spacial score (nSPS) is 17.7. The molecule has 10 heteroatoms. The zero-order valence-corrected chi connectivity index (χ0v) is 24.7. The molecule has 0 saturated carbocycles. The summed E-state index contributed by atoms with van der Waals surface area (Å²) < 4.78 is 33.9. The maximum Gasteiger partial charge on any atom is 0.293 e. The summed E-state index contributed by atoms with van der Waals surface area (Å²) in [6.45, 7) is 7.17. The molecule has 0 N–H and O–H groups in total. The van der Waals surface area contributed by atoms with Crippen molar-refractivity contribution >= 4 is 28.5 Å². The van der Waals surface area contributed by atoms with E-state index in [1.807, 2.05) is 50.5 Å². The van der Waals surface area contributed by atoms with Crippen molar-refractivity contribution in [1.82, 2.24) is 18.4 Å². The van der Waals surface area contributed by atoms with Crippen molar-refractivity contribution in [2.24, 2.45) is 18.0 Å². The summed E-state index contributed by atoms with van der Waals surface area (Å²) in [6, 6.07) is 19.7. The molecule has 2 aromatic heterocycles. The lowest BCUT2D eigenvalue weighted by molar-refractivity contribution is -0.129. The summed E-state index contributed by atoms with van der Waals surface area (Å²) in [7, 11) is 0.433. The number of aromatic nitrogens is 3. The van der Waals surface area contributed by atoms with Crippen LogP contribution in [0.15, 0.2) is 89.0 Å². The Hall–Kier alpha value is -4.02. The van der Waals surface area contributed by atoms with Gasteiger partial charge in [-0.2, -0.15) is 0 Å². The van der Waals surface area contributed by atoms with E-state index >= 15 is 0 Å². The number of benzene rings is 2. The van der Waals surface area contributed by atoms with Crippen LogP contribution < -0.4 is 0 Å². The van der Waals surface area contributed by atoms with Crippen molar-refractivity contribution in [3.8, 4) is 0 Å². The number of carbonyl (C=O) groups is 1. The molecule has 9 nitrogen and oxygen atoms in total. The molecular formula is C31H37N5O4S. The minimum atomic E-state index is -3.71. The first-order valence-electron chi connectivity index (χ1n) is 13.5. The highest BCUT2D eigenvalue weighted by Gasteiger charge is 2.28. The van der Waals surface area contributed by atoms with Gasteiger partial charge in [-0.3, -0.25) is 4.79 Å². The summed E-state index contributed by atoms with van der Waals surface area (Å²) in [6.07, 6.45) is 6.24. The van der Waals surface area contributed by atoms with Gasteiger partial charge in [-0.25, -0.2) is 22.4 Å². The molecule has 2 atom stereocenters. The van der Waals surface area contributed by atoms with Crippen LogP contribution in [0.1, 0.15) is 41.9 Å². The van der Waals surface area contributed by atoms with E-state index in [4.69, 9.17) is 0 Å². The molecule has 4 aromatic rings. The molecule has 5 rings (SSSR count). The third kappa shape index (κ3) is 7.39. The number of piperidine rings is 1.